The van der Waals surface area contributed by atoms with E-state index in [-0.39, 0.29) is 0 Å². The quantitative estimate of drug-likeness (QED) is 0.355. The van der Waals surface area contributed by atoms with Crippen molar-refractivity contribution in [3.05, 3.63) is 120 Å². The lowest BCUT2D eigenvalue weighted by atomic mass is 9.87. The van der Waals surface area contributed by atoms with Crippen molar-refractivity contribution in [2.75, 3.05) is 0 Å². The highest BCUT2D eigenvalue weighted by Gasteiger charge is 2.13. The summed E-state index contributed by atoms with van der Waals surface area (Å²) in [4.78, 5) is 0. The predicted molar refractivity (Wildman–Crippen MR) is 105 cm³/mol. The molecule has 0 amide bonds. The van der Waals surface area contributed by atoms with Gasteiger partial charge in [0.15, 0.2) is 0 Å². The molecule has 118 valence electrons. The predicted octanol–water partition coefficient (Wildman–Crippen LogP) is 6.61. The van der Waals surface area contributed by atoms with Gasteiger partial charge in [-0.15, -0.1) is 6.58 Å². The highest BCUT2D eigenvalue weighted by molar-refractivity contribution is 5.98. The second kappa shape index (κ2) is 8.12. The van der Waals surface area contributed by atoms with Gasteiger partial charge in [-0.1, -0.05) is 97.1 Å². The first-order valence-corrected chi connectivity index (χ1v) is 8.40. The van der Waals surface area contributed by atoms with E-state index in [2.05, 4.69) is 97.6 Å². The van der Waals surface area contributed by atoms with Crippen molar-refractivity contribution in [1.29, 1.82) is 0 Å². The first-order chi connectivity index (χ1) is 11.9. The third-order valence-corrected chi connectivity index (χ3v) is 4.15. The van der Waals surface area contributed by atoms with Crippen LogP contribution in [-0.2, 0) is 0 Å². The number of hydrogen-bond acceptors (Lipinski definition) is 0. The zero-order valence-electron chi connectivity index (χ0n) is 13.9. The standard InChI is InChI=1S/C24H22/c1-2-3-19-23(20-13-7-4-8-14-20)24(21-15-9-5-10-16-21)22-17-11-6-12-18-22/h2,4-18H,1,3,19H2. The molecule has 0 aliphatic carbocycles. The van der Waals surface area contributed by atoms with Gasteiger partial charge in [-0.3, -0.25) is 0 Å². The summed E-state index contributed by atoms with van der Waals surface area (Å²) in [7, 11) is 0. The molecule has 3 rings (SSSR count). The minimum Gasteiger partial charge on any atom is -0.103 e. The molecule has 0 saturated heterocycles. The molecule has 24 heavy (non-hydrogen) atoms. The van der Waals surface area contributed by atoms with E-state index >= 15 is 0 Å². The van der Waals surface area contributed by atoms with Crippen LogP contribution in [0.4, 0.5) is 0 Å². The van der Waals surface area contributed by atoms with Gasteiger partial charge in [0.05, 0.1) is 0 Å². The summed E-state index contributed by atoms with van der Waals surface area (Å²) in [5.41, 5.74) is 6.47. The molecule has 0 saturated carbocycles. The van der Waals surface area contributed by atoms with Crippen LogP contribution in [-0.4, -0.2) is 0 Å². The van der Waals surface area contributed by atoms with E-state index in [1.807, 2.05) is 6.08 Å². The fourth-order valence-corrected chi connectivity index (χ4v) is 3.02. The Labute approximate surface area is 144 Å². The maximum Gasteiger partial charge on any atom is -0.00732 e. The molecule has 0 bridgehead atoms. The zero-order valence-corrected chi connectivity index (χ0v) is 13.9. The van der Waals surface area contributed by atoms with Crippen LogP contribution < -0.4 is 0 Å². The second-order valence-electron chi connectivity index (χ2n) is 5.78. The molecule has 0 N–H and O–H groups in total. The Bertz CT molecular complexity index is 755. The third-order valence-electron chi connectivity index (χ3n) is 4.15. The summed E-state index contributed by atoms with van der Waals surface area (Å²) in [5.74, 6) is 0. The van der Waals surface area contributed by atoms with E-state index < -0.39 is 0 Å². The Kier molecular flexibility index (Phi) is 5.42. The SMILES string of the molecule is C=CCCC(=C(c1ccccc1)c1ccccc1)c1ccccc1. The van der Waals surface area contributed by atoms with Crippen molar-refractivity contribution in [1.82, 2.24) is 0 Å². The van der Waals surface area contributed by atoms with E-state index in [1.54, 1.807) is 0 Å². The topological polar surface area (TPSA) is 0 Å². The molecule has 0 aliphatic rings. The average molecular weight is 310 g/mol. The van der Waals surface area contributed by atoms with Gasteiger partial charge in [0, 0.05) is 0 Å². The lowest BCUT2D eigenvalue weighted by Crippen LogP contribution is -1.95. The lowest BCUT2D eigenvalue weighted by molar-refractivity contribution is 1.07. The molecule has 0 aromatic heterocycles. The lowest BCUT2D eigenvalue weighted by Gasteiger charge is -2.17. The Morgan fingerprint density at radius 2 is 1.04 bits per heavy atom. The largest absolute Gasteiger partial charge is 0.103 e. The zero-order chi connectivity index (χ0) is 16.6. The minimum atomic E-state index is 0.966. The maximum absolute atomic E-state index is 3.91. The van der Waals surface area contributed by atoms with E-state index in [0.29, 0.717) is 0 Å². The molecule has 0 fully saturated rings. The summed E-state index contributed by atoms with van der Waals surface area (Å²) >= 11 is 0. The van der Waals surface area contributed by atoms with Gasteiger partial charge < -0.3 is 0 Å². The van der Waals surface area contributed by atoms with E-state index in [4.69, 9.17) is 0 Å². The summed E-state index contributed by atoms with van der Waals surface area (Å²) in [6, 6.07) is 32.0. The summed E-state index contributed by atoms with van der Waals surface area (Å²) in [6.07, 6.45) is 3.94. The Balaban J connectivity index is 2.25. The molecule has 0 aliphatic heterocycles. The highest BCUT2D eigenvalue weighted by Crippen LogP contribution is 2.34. The normalized spacial score (nSPS) is 10.2. The van der Waals surface area contributed by atoms with Crippen LogP contribution in [0.15, 0.2) is 104 Å². The van der Waals surface area contributed by atoms with Crippen LogP contribution in [0.1, 0.15) is 29.5 Å². The van der Waals surface area contributed by atoms with E-state index in [1.165, 1.54) is 27.8 Å². The third kappa shape index (κ3) is 3.72. The smallest absolute Gasteiger partial charge is 0.00732 e. The van der Waals surface area contributed by atoms with E-state index in [0.717, 1.165) is 12.8 Å². The van der Waals surface area contributed by atoms with Crippen LogP contribution in [0, 0.1) is 0 Å². The molecule has 0 atom stereocenters. The average Bonchev–Trinajstić information content (AvgIpc) is 2.67. The fourth-order valence-electron chi connectivity index (χ4n) is 3.02. The van der Waals surface area contributed by atoms with E-state index in [9.17, 15) is 0 Å². The van der Waals surface area contributed by atoms with Crippen molar-refractivity contribution >= 4 is 11.1 Å². The van der Waals surface area contributed by atoms with Crippen LogP contribution >= 0.6 is 0 Å². The summed E-state index contributed by atoms with van der Waals surface area (Å²) in [5, 5.41) is 0. The molecule has 3 aromatic rings. The van der Waals surface area contributed by atoms with Gasteiger partial charge in [0.2, 0.25) is 0 Å². The van der Waals surface area contributed by atoms with Gasteiger partial charge in [-0.25, -0.2) is 0 Å². The molecule has 0 spiro atoms. The summed E-state index contributed by atoms with van der Waals surface area (Å²) < 4.78 is 0. The highest BCUT2D eigenvalue weighted by atomic mass is 14.2. The fraction of sp³-hybridized carbons (Fsp3) is 0.0833. The van der Waals surface area contributed by atoms with Crippen molar-refractivity contribution < 1.29 is 0 Å². The number of benzene rings is 3. The molecule has 0 heterocycles. The molecule has 3 aromatic carbocycles. The van der Waals surface area contributed by atoms with Gasteiger partial charge in [-0.2, -0.15) is 0 Å². The van der Waals surface area contributed by atoms with Gasteiger partial charge >= 0.3 is 0 Å². The second-order valence-corrected chi connectivity index (χ2v) is 5.78. The minimum absolute atomic E-state index is 0.966. The maximum atomic E-state index is 3.91. The first kappa shape index (κ1) is 16.0. The van der Waals surface area contributed by atoms with Gasteiger partial charge in [0.1, 0.15) is 0 Å². The Morgan fingerprint density at radius 3 is 1.46 bits per heavy atom. The van der Waals surface area contributed by atoms with Crippen molar-refractivity contribution in [3.8, 4) is 0 Å². The molecular weight excluding hydrogens is 288 g/mol. The Hall–Kier alpha value is -2.86. The van der Waals surface area contributed by atoms with Crippen molar-refractivity contribution in [2.24, 2.45) is 0 Å². The molecule has 0 nitrogen and oxygen atoms in total. The molecular formula is C24H22. The monoisotopic (exact) mass is 310 g/mol. The van der Waals surface area contributed by atoms with Crippen LogP contribution in [0.2, 0.25) is 0 Å². The molecule has 0 heteroatoms. The van der Waals surface area contributed by atoms with Crippen LogP contribution in [0.5, 0.6) is 0 Å². The van der Waals surface area contributed by atoms with Crippen LogP contribution in [0.3, 0.4) is 0 Å². The van der Waals surface area contributed by atoms with Gasteiger partial charge in [-0.05, 0) is 40.7 Å². The number of hydrogen-bond donors (Lipinski definition) is 0. The Morgan fingerprint density at radius 1 is 0.625 bits per heavy atom. The molecule has 0 radical (unpaired) electrons. The first-order valence-electron chi connectivity index (χ1n) is 8.40. The van der Waals surface area contributed by atoms with Gasteiger partial charge in [0.25, 0.3) is 0 Å². The number of rotatable bonds is 6. The van der Waals surface area contributed by atoms with Crippen LogP contribution in [0.25, 0.3) is 11.1 Å². The number of allylic oxidation sites excluding steroid dienone is 2. The summed E-state index contributed by atoms with van der Waals surface area (Å²) in [6.45, 7) is 3.91. The molecule has 0 unspecified atom stereocenters. The van der Waals surface area contributed by atoms with Crippen molar-refractivity contribution in [3.63, 3.8) is 0 Å². The van der Waals surface area contributed by atoms with Crippen molar-refractivity contribution in [2.45, 2.75) is 12.8 Å².